The van der Waals surface area contributed by atoms with Crippen molar-refractivity contribution in [1.82, 2.24) is 15.0 Å². The Morgan fingerprint density at radius 1 is 1.08 bits per heavy atom. The molecule has 3 aromatic rings. The average molecular weight is 358 g/mol. The Labute approximate surface area is 146 Å². The van der Waals surface area contributed by atoms with Gasteiger partial charge >= 0.3 is 5.69 Å². The van der Waals surface area contributed by atoms with Crippen molar-refractivity contribution in [3.05, 3.63) is 70.2 Å². The first kappa shape index (κ1) is 17.1. The minimum Gasteiger partial charge on any atom is -0.332 e. The Balaban J connectivity index is 2.01. The van der Waals surface area contributed by atoms with Gasteiger partial charge in [-0.05, 0) is 31.2 Å². The molecule has 0 fully saturated rings. The minimum absolute atomic E-state index is 0.137. The number of nitrogens with zero attached hydrogens (tertiary/aromatic N) is 4. The Kier molecular flexibility index (Phi) is 4.65. The molecule has 0 unspecified atom stereocenters. The first-order valence-electron chi connectivity index (χ1n) is 7.36. The van der Waals surface area contributed by atoms with Crippen LogP contribution in [0.5, 0.6) is 0 Å². The van der Waals surface area contributed by atoms with Crippen LogP contribution in [0.1, 0.15) is 5.69 Å². The molecule has 2 aromatic heterocycles. The SMILES string of the molecule is Cc1cccc(Nc2ncnc(Nc3cc(F)ccc3F)c2[N+](=O)[O-])n1. The molecule has 1 aromatic carbocycles. The topological polar surface area (TPSA) is 106 Å². The molecular weight excluding hydrogens is 346 g/mol. The summed E-state index contributed by atoms with van der Waals surface area (Å²) in [6.07, 6.45) is 1.06. The Morgan fingerprint density at radius 2 is 1.81 bits per heavy atom. The molecule has 0 atom stereocenters. The van der Waals surface area contributed by atoms with Crippen molar-refractivity contribution in [2.45, 2.75) is 6.92 Å². The third-order valence-electron chi connectivity index (χ3n) is 3.32. The zero-order valence-corrected chi connectivity index (χ0v) is 13.4. The summed E-state index contributed by atoms with van der Waals surface area (Å²) in [5.41, 5.74) is -0.113. The molecule has 0 aliphatic heterocycles. The highest BCUT2D eigenvalue weighted by Gasteiger charge is 2.24. The molecule has 0 saturated carbocycles. The second-order valence-corrected chi connectivity index (χ2v) is 5.21. The van der Waals surface area contributed by atoms with Gasteiger partial charge in [-0.2, -0.15) is 0 Å². The van der Waals surface area contributed by atoms with Crippen molar-refractivity contribution >= 4 is 28.8 Å². The summed E-state index contributed by atoms with van der Waals surface area (Å²) in [5, 5.41) is 16.7. The first-order chi connectivity index (χ1) is 12.4. The largest absolute Gasteiger partial charge is 0.353 e. The van der Waals surface area contributed by atoms with Crippen molar-refractivity contribution in [3.63, 3.8) is 0 Å². The number of anilines is 4. The van der Waals surface area contributed by atoms with E-state index in [9.17, 15) is 18.9 Å². The lowest BCUT2D eigenvalue weighted by atomic mass is 10.3. The summed E-state index contributed by atoms with van der Waals surface area (Å²) in [4.78, 5) is 22.6. The second kappa shape index (κ2) is 7.05. The molecule has 0 bridgehead atoms. The normalized spacial score (nSPS) is 10.4. The Hall–Kier alpha value is -3.69. The highest BCUT2D eigenvalue weighted by molar-refractivity contribution is 5.76. The van der Waals surface area contributed by atoms with Gasteiger partial charge in [-0.3, -0.25) is 10.1 Å². The Morgan fingerprint density at radius 3 is 2.50 bits per heavy atom. The van der Waals surface area contributed by atoms with Crippen LogP contribution in [0, 0.1) is 28.7 Å². The van der Waals surface area contributed by atoms with Crippen LogP contribution in [0.15, 0.2) is 42.7 Å². The molecule has 0 amide bonds. The van der Waals surface area contributed by atoms with Crippen LogP contribution in [0.25, 0.3) is 0 Å². The van der Waals surface area contributed by atoms with Crippen LogP contribution in [0.3, 0.4) is 0 Å². The molecule has 26 heavy (non-hydrogen) atoms. The molecular formula is C16H12F2N6O2. The number of aromatic nitrogens is 3. The summed E-state index contributed by atoms with van der Waals surface area (Å²) >= 11 is 0. The standard InChI is InChI=1S/C16H12F2N6O2/c1-9-3-2-4-13(21-9)23-16-14(24(25)26)15(19-8-20-16)22-12-7-10(17)5-6-11(12)18/h2-8H,1H3,(H2,19,20,21,22,23). The molecule has 2 heterocycles. The van der Waals surface area contributed by atoms with E-state index in [1.54, 1.807) is 25.1 Å². The molecule has 0 aliphatic carbocycles. The van der Waals surface area contributed by atoms with Gasteiger partial charge in [0.05, 0.1) is 10.6 Å². The van der Waals surface area contributed by atoms with E-state index >= 15 is 0 Å². The summed E-state index contributed by atoms with van der Waals surface area (Å²) in [5.74, 6) is -1.57. The monoisotopic (exact) mass is 358 g/mol. The van der Waals surface area contributed by atoms with Gasteiger partial charge in [0.1, 0.15) is 23.8 Å². The summed E-state index contributed by atoms with van der Waals surface area (Å²) < 4.78 is 27.1. The number of pyridine rings is 1. The number of nitrogens with one attached hydrogen (secondary N) is 2. The molecule has 2 N–H and O–H groups in total. The number of rotatable bonds is 5. The third kappa shape index (κ3) is 3.69. The van der Waals surface area contributed by atoms with E-state index in [2.05, 4.69) is 25.6 Å². The van der Waals surface area contributed by atoms with Gasteiger partial charge in [0, 0.05) is 11.8 Å². The number of hydrogen-bond acceptors (Lipinski definition) is 7. The molecule has 0 spiro atoms. The fourth-order valence-electron chi connectivity index (χ4n) is 2.19. The smallest absolute Gasteiger partial charge is 0.332 e. The lowest BCUT2D eigenvalue weighted by Crippen LogP contribution is -2.07. The maximum absolute atomic E-state index is 13.8. The third-order valence-corrected chi connectivity index (χ3v) is 3.32. The zero-order valence-electron chi connectivity index (χ0n) is 13.4. The van der Waals surface area contributed by atoms with Crippen molar-refractivity contribution < 1.29 is 13.7 Å². The average Bonchev–Trinajstić information content (AvgIpc) is 2.58. The van der Waals surface area contributed by atoms with Gasteiger partial charge in [0.2, 0.25) is 11.6 Å². The number of benzene rings is 1. The molecule has 0 aliphatic rings. The number of halogens is 2. The van der Waals surface area contributed by atoms with Crippen molar-refractivity contribution in [2.75, 3.05) is 10.6 Å². The molecule has 10 heteroatoms. The maximum Gasteiger partial charge on any atom is 0.353 e. The van der Waals surface area contributed by atoms with E-state index in [4.69, 9.17) is 0 Å². The fraction of sp³-hybridized carbons (Fsp3) is 0.0625. The quantitative estimate of drug-likeness (QED) is 0.527. The minimum atomic E-state index is -0.783. The summed E-state index contributed by atoms with van der Waals surface area (Å²) in [7, 11) is 0. The van der Waals surface area contributed by atoms with Crippen LogP contribution in [0.4, 0.5) is 37.6 Å². The van der Waals surface area contributed by atoms with Gasteiger partial charge < -0.3 is 10.6 Å². The number of aryl methyl sites for hydroxylation is 1. The predicted molar refractivity (Wildman–Crippen MR) is 90.6 cm³/mol. The maximum atomic E-state index is 13.8. The molecule has 8 nitrogen and oxygen atoms in total. The van der Waals surface area contributed by atoms with Crippen LogP contribution in [-0.4, -0.2) is 19.9 Å². The van der Waals surface area contributed by atoms with Crippen molar-refractivity contribution in [1.29, 1.82) is 0 Å². The van der Waals surface area contributed by atoms with Gasteiger partial charge in [-0.15, -0.1) is 0 Å². The van der Waals surface area contributed by atoms with Crippen molar-refractivity contribution in [2.24, 2.45) is 0 Å². The summed E-state index contributed by atoms with van der Waals surface area (Å²) in [6.45, 7) is 1.76. The van der Waals surface area contributed by atoms with E-state index in [0.29, 0.717) is 11.5 Å². The van der Waals surface area contributed by atoms with E-state index in [1.165, 1.54) is 0 Å². The predicted octanol–water partition coefficient (Wildman–Crippen LogP) is 3.85. The van der Waals surface area contributed by atoms with Crippen LogP contribution < -0.4 is 10.6 Å². The highest BCUT2D eigenvalue weighted by atomic mass is 19.1. The van der Waals surface area contributed by atoms with E-state index < -0.39 is 22.2 Å². The number of nitro groups is 1. The van der Waals surface area contributed by atoms with E-state index in [-0.39, 0.29) is 17.3 Å². The fourth-order valence-corrected chi connectivity index (χ4v) is 2.19. The van der Waals surface area contributed by atoms with E-state index in [1.807, 2.05) is 0 Å². The second-order valence-electron chi connectivity index (χ2n) is 5.21. The van der Waals surface area contributed by atoms with Crippen LogP contribution >= 0.6 is 0 Å². The van der Waals surface area contributed by atoms with Crippen LogP contribution in [-0.2, 0) is 0 Å². The van der Waals surface area contributed by atoms with Crippen LogP contribution in [0.2, 0.25) is 0 Å². The highest BCUT2D eigenvalue weighted by Crippen LogP contribution is 2.33. The molecule has 0 saturated heterocycles. The summed E-state index contributed by atoms with van der Waals surface area (Å²) in [6, 6.07) is 7.80. The molecule has 0 radical (unpaired) electrons. The van der Waals surface area contributed by atoms with Gasteiger partial charge in [0.25, 0.3) is 0 Å². The van der Waals surface area contributed by atoms with Gasteiger partial charge in [0.15, 0.2) is 0 Å². The zero-order chi connectivity index (χ0) is 18.7. The molecule has 132 valence electrons. The van der Waals surface area contributed by atoms with Gasteiger partial charge in [-0.25, -0.2) is 23.7 Å². The first-order valence-corrected chi connectivity index (χ1v) is 7.36. The number of hydrogen-bond donors (Lipinski definition) is 2. The lowest BCUT2D eigenvalue weighted by Gasteiger charge is -2.10. The lowest BCUT2D eigenvalue weighted by molar-refractivity contribution is -0.383. The molecule has 3 rings (SSSR count). The van der Waals surface area contributed by atoms with Gasteiger partial charge in [-0.1, -0.05) is 6.07 Å². The Bertz CT molecular complexity index is 983. The van der Waals surface area contributed by atoms with E-state index in [0.717, 1.165) is 24.5 Å². The van der Waals surface area contributed by atoms with Crippen molar-refractivity contribution in [3.8, 4) is 0 Å².